The topological polar surface area (TPSA) is 27.7 Å². The van der Waals surface area contributed by atoms with Crippen LogP contribution in [0.25, 0.3) is 0 Å². The molecule has 1 rings (SSSR count). The van der Waals surface area contributed by atoms with Gasteiger partial charge >= 0.3 is 10.0 Å². The fraction of sp³-hybridized carbons (Fsp3) is 1.00. The zero-order chi connectivity index (χ0) is 5.66. The SMILES string of the molecule is C1CO[Si]OCCO1. The normalized spacial score (nSPS) is 24.0. The molecule has 0 atom stereocenters. The van der Waals surface area contributed by atoms with E-state index in [4.69, 9.17) is 13.6 Å². The van der Waals surface area contributed by atoms with Crippen LogP contribution in [0.3, 0.4) is 0 Å². The number of hydrogen-bond donors (Lipinski definition) is 0. The molecule has 0 spiro atoms. The van der Waals surface area contributed by atoms with Crippen molar-refractivity contribution in [3.8, 4) is 0 Å². The summed E-state index contributed by atoms with van der Waals surface area (Å²) in [5.74, 6) is 0. The van der Waals surface area contributed by atoms with Gasteiger partial charge in [0.05, 0.1) is 26.4 Å². The molecule has 3 nitrogen and oxygen atoms in total. The quantitative estimate of drug-likeness (QED) is 0.419. The molecular weight excluding hydrogens is 124 g/mol. The van der Waals surface area contributed by atoms with Crippen LogP contribution in [0.15, 0.2) is 0 Å². The van der Waals surface area contributed by atoms with E-state index in [0.29, 0.717) is 26.4 Å². The molecular formula is C4H8O3Si. The van der Waals surface area contributed by atoms with Gasteiger partial charge in [0.1, 0.15) is 0 Å². The highest BCUT2D eigenvalue weighted by Crippen LogP contribution is 1.83. The summed E-state index contributed by atoms with van der Waals surface area (Å²) in [5.41, 5.74) is 0. The van der Waals surface area contributed by atoms with Crippen LogP contribution in [0, 0.1) is 0 Å². The first kappa shape index (κ1) is 6.22. The minimum atomic E-state index is 0.210. The van der Waals surface area contributed by atoms with Crippen LogP contribution < -0.4 is 0 Å². The van der Waals surface area contributed by atoms with Crippen LogP contribution in [0.1, 0.15) is 0 Å². The molecule has 1 heterocycles. The predicted molar refractivity (Wildman–Crippen MR) is 28.5 cm³/mol. The molecule has 1 fully saturated rings. The van der Waals surface area contributed by atoms with E-state index in [9.17, 15) is 0 Å². The third-order valence-corrected chi connectivity index (χ3v) is 1.42. The van der Waals surface area contributed by atoms with Crippen LogP contribution in [-0.2, 0) is 13.6 Å². The average Bonchev–Trinajstić information content (AvgIpc) is 1.62. The predicted octanol–water partition coefficient (Wildman–Crippen LogP) is -0.416. The average molecular weight is 132 g/mol. The fourth-order valence-electron chi connectivity index (χ4n) is 0.428. The van der Waals surface area contributed by atoms with Gasteiger partial charge in [-0.25, -0.2) is 0 Å². The van der Waals surface area contributed by atoms with Gasteiger partial charge in [-0.15, -0.1) is 0 Å². The Bertz CT molecular complexity index is 35.2. The molecule has 0 unspecified atom stereocenters. The van der Waals surface area contributed by atoms with E-state index in [2.05, 4.69) is 0 Å². The second kappa shape index (κ2) is 4.02. The molecule has 0 aromatic rings. The largest absolute Gasteiger partial charge is 0.433 e. The Hall–Kier alpha value is 0.0969. The molecule has 0 aliphatic carbocycles. The molecule has 0 aromatic carbocycles. The molecule has 4 heteroatoms. The molecule has 1 aliphatic rings. The van der Waals surface area contributed by atoms with Crippen molar-refractivity contribution in [2.24, 2.45) is 0 Å². The van der Waals surface area contributed by atoms with Gasteiger partial charge in [-0.3, -0.25) is 0 Å². The van der Waals surface area contributed by atoms with Gasteiger partial charge in [-0.2, -0.15) is 0 Å². The van der Waals surface area contributed by atoms with Crippen molar-refractivity contribution in [3.63, 3.8) is 0 Å². The highest BCUT2D eigenvalue weighted by atomic mass is 28.3. The smallest absolute Gasteiger partial charge is 0.390 e. The summed E-state index contributed by atoms with van der Waals surface area (Å²) in [6, 6.07) is 0. The van der Waals surface area contributed by atoms with Gasteiger partial charge in [0, 0.05) is 0 Å². The summed E-state index contributed by atoms with van der Waals surface area (Å²) in [5, 5.41) is 0. The Kier molecular flexibility index (Phi) is 3.13. The summed E-state index contributed by atoms with van der Waals surface area (Å²) >= 11 is 0. The van der Waals surface area contributed by atoms with E-state index >= 15 is 0 Å². The van der Waals surface area contributed by atoms with Crippen LogP contribution >= 0.6 is 0 Å². The van der Waals surface area contributed by atoms with Crippen molar-refractivity contribution in [1.82, 2.24) is 0 Å². The monoisotopic (exact) mass is 132 g/mol. The van der Waals surface area contributed by atoms with Crippen LogP contribution in [-0.4, -0.2) is 36.4 Å². The Balaban J connectivity index is 2.00. The standard InChI is InChI=1S/C4H8O3Si/c1-3-6-8-7-4-2-5-1/h1-4H2. The lowest BCUT2D eigenvalue weighted by Gasteiger charge is -2.08. The van der Waals surface area contributed by atoms with Gasteiger partial charge in [0.2, 0.25) is 0 Å². The molecule has 0 bridgehead atoms. The Morgan fingerprint density at radius 1 is 0.875 bits per heavy atom. The van der Waals surface area contributed by atoms with E-state index in [1.54, 1.807) is 0 Å². The van der Waals surface area contributed by atoms with Crippen molar-refractivity contribution in [2.75, 3.05) is 26.4 Å². The first-order valence-corrected chi connectivity index (χ1v) is 3.38. The second-order valence-electron chi connectivity index (χ2n) is 1.39. The molecule has 0 N–H and O–H groups in total. The molecule has 0 saturated carbocycles. The third-order valence-electron chi connectivity index (χ3n) is 0.777. The lowest BCUT2D eigenvalue weighted by Crippen LogP contribution is -2.18. The third kappa shape index (κ3) is 2.42. The van der Waals surface area contributed by atoms with Crippen LogP contribution in [0.5, 0.6) is 0 Å². The van der Waals surface area contributed by atoms with Crippen molar-refractivity contribution >= 4 is 10.0 Å². The summed E-state index contributed by atoms with van der Waals surface area (Å²) in [6.07, 6.45) is 0. The summed E-state index contributed by atoms with van der Waals surface area (Å²) in [4.78, 5) is 0. The van der Waals surface area contributed by atoms with E-state index in [-0.39, 0.29) is 10.0 Å². The van der Waals surface area contributed by atoms with Crippen molar-refractivity contribution < 1.29 is 13.6 Å². The van der Waals surface area contributed by atoms with Crippen LogP contribution in [0.2, 0.25) is 0 Å². The summed E-state index contributed by atoms with van der Waals surface area (Å²) in [6.45, 7) is 2.74. The number of rotatable bonds is 0. The summed E-state index contributed by atoms with van der Waals surface area (Å²) in [7, 11) is 0.210. The van der Waals surface area contributed by atoms with E-state index in [0.717, 1.165) is 0 Å². The second-order valence-corrected chi connectivity index (χ2v) is 2.14. The molecule has 2 radical (unpaired) electrons. The maximum absolute atomic E-state index is 5.03. The molecule has 0 amide bonds. The van der Waals surface area contributed by atoms with Gasteiger partial charge < -0.3 is 13.6 Å². The Labute approximate surface area is 51.0 Å². The highest BCUT2D eigenvalue weighted by Gasteiger charge is 1.97. The zero-order valence-electron chi connectivity index (χ0n) is 4.55. The lowest BCUT2D eigenvalue weighted by molar-refractivity contribution is 0.0436. The minimum Gasteiger partial charge on any atom is -0.390 e. The molecule has 0 aromatic heterocycles. The van der Waals surface area contributed by atoms with Crippen molar-refractivity contribution in [2.45, 2.75) is 0 Å². The van der Waals surface area contributed by atoms with Gasteiger partial charge in [0.15, 0.2) is 0 Å². The Morgan fingerprint density at radius 2 is 1.50 bits per heavy atom. The van der Waals surface area contributed by atoms with Crippen molar-refractivity contribution in [3.05, 3.63) is 0 Å². The summed E-state index contributed by atoms with van der Waals surface area (Å²) < 4.78 is 14.9. The van der Waals surface area contributed by atoms with Crippen LogP contribution in [0.4, 0.5) is 0 Å². The maximum atomic E-state index is 5.03. The minimum absolute atomic E-state index is 0.210. The number of ether oxygens (including phenoxy) is 1. The maximum Gasteiger partial charge on any atom is 0.433 e. The van der Waals surface area contributed by atoms with E-state index < -0.39 is 0 Å². The number of hydrogen-bond acceptors (Lipinski definition) is 3. The zero-order valence-corrected chi connectivity index (χ0v) is 5.55. The van der Waals surface area contributed by atoms with Gasteiger partial charge in [-0.1, -0.05) is 0 Å². The van der Waals surface area contributed by atoms with Gasteiger partial charge in [-0.05, 0) is 0 Å². The fourth-order valence-corrected chi connectivity index (χ4v) is 0.845. The molecule has 1 saturated heterocycles. The Morgan fingerprint density at radius 3 is 2.12 bits per heavy atom. The first-order chi connectivity index (χ1) is 4.00. The van der Waals surface area contributed by atoms with E-state index in [1.807, 2.05) is 0 Å². The molecule has 8 heavy (non-hydrogen) atoms. The molecule has 1 aliphatic heterocycles. The van der Waals surface area contributed by atoms with E-state index in [1.165, 1.54) is 0 Å². The first-order valence-electron chi connectivity index (χ1n) is 2.56. The highest BCUT2D eigenvalue weighted by molar-refractivity contribution is 6.17. The van der Waals surface area contributed by atoms with Gasteiger partial charge in [0.25, 0.3) is 0 Å². The van der Waals surface area contributed by atoms with Crippen molar-refractivity contribution in [1.29, 1.82) is 0 Å². The lowest BCUT2D eigenvalue weighted by atomic mass is 10.7. The molecule has 46 valence electrons.